The molecule has 0 saturated carbocycles. The van der Waals surface area contributed by atoms with Gasteiger partial charge >= 0.3 is 0 Å². The topological polar surface area (TPSA) is 43.3 Å². The van der Waals surface area contributed by atoms with Crippen molar-refractivity contribution in [2.45, 2.75) is 0 Å². The van der Waals surface area contributed by atoms with Crippen LogP contribution in [-0.4, -0.2) is 9.38 Å². The number of pyridine rings is 1. The Kier molecular flexibility index (Phi) is 1.44. The molecule has 2 aromatic rings. The molecule has 0 amide bonds. The smallest absolute Gasteiger partial charge is 0.208 e. The molecule has 3 nitrogen and oxygen atoms in total. The molecule has 0 saturated heterocycles. The average molecular weight is 186 g/mol. The quantitative estimate of drug-likeness (QED) is 0.635. The molecule has 0 radical (unpaired) electrons. The second-order valence-corrected chi connectivity index (χ2v) is 2.69. The van der Waals surface area contributed by atoms with Crippen molar-refractivity contribution in [2.75, 3.05) is 5.73 Å². The minimum absolute atomic E-state index is 0.0631. The standard InChI is InChI=1S/C7H5ClFN3/c8-6-4-2-1-3-5(9)12(4)7(10)11-6/h1-3H,(H2,10,11). The van der Waals surface area contributed by atoms with Gasteiger partial charge in [0.15, 0.2) is 5.15 Å². The van der Waals surface area contributed by atoms with Crippen LogP contribution >= 0.6 is 11.6 Å². The van der Waals surface area contributed by atoms with Crippen molar-refractivity contribution in [2.24, 2.45) is 0 Å². The number of nitrogens with zero attached hydrogens (tertiary/aromatic N) is 2. The Labute approximate surface area is 72.6 Å². The number of hydrogen-bond acceptors (Lipinski definition) is 2. The minimum atomic E-state index is -0.468. The normalized spacial score (nSPS) is 10.8. The van der Waals surface area contributed by atoms with Crippen LogP contribution in [0.15, 0.2) is 18.2 Å². The van der Waals surface area contributed by atoms with Crippen molar-refractivity contribution < 1.29 is 4.39 Å². The molecule has 0 aliphatic rings. The van der Waals surface area contributed by atoms with E-state index in [2.05, 4.69) is 4.98 Å². The Morgan fingerprint density at radius 3 is 2.92 bits per heavy atom. The molecule has 0 aromatic carbocycles. The third-order valence-corrected chi connectivity index (χ3v) is 1.87. The van der Waals surface area contributed by atoms with Crippen LogP contribution in [0.3, 0.4) is 0 Å². The van der Waals surface area contributed by atoms with E-state index < -0.39 is 5.95 Å². The Morgan fingerprint density at radius 1 is 1.50 bits per heavy atom. The lowest BCUT2D eigenvalue weighted by Crippen LogP contribution is -1.97. The van der Waals surface area contributed by atoms with Crippen LogP contribution < -0.4 is 5.73 Å². The zero-order chi connectivity index (χ0) is 8.72. The van der Waals surface area contributed by atoms with E-state index in [9.17, 15) is 4.39 Å². The summed E-state index contributed by atoms with van der Waals surface area (Å²) >= 11 is 5.67. The number of aromatic nitrogens is 2. The van der Waals surface area contributed by atoms with E-state index in [1.807, 2.05) is 0 Å². The summed E-state index contributed by atoms with van der Waals surface area (Å²) in [5.74, 6) is -0.405. The van der Waals surface area contributed by atoms with Gasteiger partial charge in [0.25, 0.3) is 0 Å². The molecule has 12 heavy (non-hydrogen) atoms. The highest BCUT2D eigenvalue weighted by atomic mass is 35.5. The fraction of sp³-hybridized carbons (Fsp3) is 0. The van der Waals surface area contributed by atoms with Crippen molar-refractivity contribution in [1.82, 2.24) is 9.38 Å². The molecule has 0 unspecified atom stereocenters. The summed E-state index contributed by atoms with van der Waals surface area (Å²) in [6, 6.07) is 4.49. The van der Waals surface area contributed by atoms with Gasteiger partial charge in [0.2, 0.25) is 11.9 Å². The molecule has 0 atom stereocenters. The zero-order valence-corrected chi connectivity index (χ0v) is 6.72. The molecule has 2 heterocycles. The third-order valence-electron chi connectivity index (χ3n) is 1.60. The highest BCUT2D eigenvalue weighted by Crippen LogP contribution is 2.20. The molecule has 5 heteroatoms. The number of halogens is 2. The number of nitrogen functional groups attached to an aromatic ring is 1. The van der Waals surface area contributed by atoms with Gasteiger partial charge < -0.3 is 5.73 Å². The van der Waals surface area contributed by atoms with Gasteiger partial charge in [-0.1, -0.05) is 17.7 Å². The first-order valence-electron chi connectivity index (χ1n) is 3.28. The maximum Gasteiger partial charge on any atom is 0.208 e. The summed E-state index contributed by atoms with van der Waals surface area (Å²) in [5.41, 5.74) is 5.89. The number of nitrogens with two attached hydrogens (primary N) is 1. The van der Waals surface area contributed by atoms with Gasteiger partial charge in [-0.25, -0.2) is 4.98 Å². The zero-order valence-electron chi connectivity index (χ0n) is 5.96. The molecule has 2 aromatic heterocycles. The van der Waals surface area contributed by atoms with Gasteiger partial charge in [0.1, 0.15) is 0 Å². The lowest BCUT2D eigenvalue weighted by molar-refractivity contribution is 0.570. The monoisotopic (exact) mass is 185 g/mol. The summed E-state index contributed by atoms with van der Waals surface area (Å²) in [7, 11) is 0. The summed E-state index contributed by atoms with van der Waals surface area (Å²) in [4.78, 5) is 3.72. The maximum atomic E-state index is 13.0. The van der Waals surface area contributed by atoms with Crippen molar-refractivity contribution in [3.8, 4) is 0 Å². The lowest BCUT2D eigenvalue weighted by Gasteiger charge is -1.95. The second kappa shape index (κ2) is 2.35. The Balaban J connectivity index is 2.99. The first kappa shape index (κ1) is 7.36. The highest BCUT2D eigenvalue weighted by Gasteiger charge is 2.08. The fourth-order valence-corrected chi connectivity index (χ4v) is 1.32. The molecule has 2 N–H and O–H groups in total. The number of imidazole rings is 1. The molecule has 0 spiro atoms. The minimum Gasteiger partial charge on any atom is -0.369 e. The molecule has 0 fully saturated rings. The lowest BCUT2D eigenvalue weighted by atomic mass is 10.4. The molecular formula is C7H5ClFN3. The summed E-state index contributed by atoms with van der Waals surface area (Å²) in [5, 5.41) is 0.215. The number of fused-ring (bicyclic) bond motifs is 1. The van der Waals surface area contributed by atoms with Crippen LogP contribution in [-0.2, 0) is 0 Å². The highest BCUT2D eigenvalue weighted by molar-refractivity contribution is 6.32. The van der Waals surface area contributed by atoms with Crippen LogP contribution in [0.4, 0.5) is 10.3 Å². The Morgan fingerprint density at radius 2 is 2.25 bits per heavy atom. The van der Waals surface area contributed by atoms with Gasteiger partial charge in [-0.15, -0.1) is 0 Å². The van der Waals surface area contributed by atoms with Crippen molar-refractivity contribution in [1.29, 1.82) is 0 Å². The largest absolute Gasteiger partial charge is 0.369 e. The van der Waals surface area contributed by atoms with Crippen LogP contribution in [0.1, 0.15) is 0 Å². The van der Waals surface area contributed by atoms with Crippen LogP contribution in [0.25, 0.3) is 5.52 Å². The molecule has 0 aliphatic heterocycles. The average Bonchev–Trinajstić information content (AvgIpc) is 2.29. The predicted molar refractivity (Wildman–Crippen MR) is 44.6 cm³/mol. The van der Waals surface area contributed by atoms with Gasteiger partial charge in [-0.05, 0) is 12.1 Å². The first-order valence-corrected chi connectivity index (χ1v) is 3.66. The van der Waals surface area contributed by atoms with Gasteiger partial charge in [0, 0.05) is 0 Å². The molecule has 2 rings (SSSR count). The van der Waals surface area contributed by atoms with Crippen molar-refractivity contribution >= 4 is 23.1 Å². The van der Waals surface area contributed by atoms with Gasteiger partial charge in [0.05, 0.1) is 5.52 Å². The number of rotatable bonds is 0. The van der Waals surface area contributed by atoms with Gasteiger partial charge in [-0.3, -0.25) is 4.40 Å². The summed E-state index contributed by atoms with van der Waals surface area (Å²) < 4.78 is 14.2. The number of hydrogen-bond donors (Lipinski definition) is 1. The van der Waals surface area contributed by atoms with E-state index in [0.29, 0.717) is 5.52 Å². The van der Waals surface area contributed by atoms with Crippen molar-refractivity contribution in [3.05, 3.63) is 29.3 Å². The van der Waals surface area contributed by atoms with E-state index in [1.54, 1.807) is 12.1 Å². The van der Waals surface area contributed by atoms with Gasteiger partial charge in [-0.2, -0.15) is 4.39 Å². The maximum absolute atomic E-state index is 13.0. The third kappa shape index (κ3) is 0.848. The van der Waals surface area contributed by atoms with E-state index in [1.165, 1.54) is 6.07 Å². The SMILES string of the molecule is Nc1nc(Cl)c2cccc(F)n12. The van der Waals surface area contributed by atoms with E-state index in [-0.39, 0.29) is 11.1 Å². The van der Waals surface area contributed by atoms with Crippen LogP contribution in [0, 0.1) is 5.95 Å². The molecule has 62 valence electrons. The molecular weight excluding hydrogens is 181 g/mol. The fourth-order valence-electron chi connectivity index (χ4n) is 1.08. The Hall–Kier alpha value is -1.29. The van der Waals surface area contributed by atoms with Crippen LogP contribution in [0.5, 0.6) is 0 Å². The first-order chi connectivity index (χ1) is 5.70. The Bertz CT molecular complexity index is 437. The van der Waals surface area contributed by atoms with Crippen molar-refractivity contribution in [3.63, 3.8) is 0 Å². The second-order valence-electron chi connectivity index (χ2n) is 2.33. The molecule has 0 bridgehead atoms. The summed E-state index contributed by atoms with van der Waals surface area (Å²) in [6.45, 7) is 0. The van der Waals surface area contributed by atoms with E-state index in [4.69, 9.17) is 17.3 Å². The number of anilines is 1. The van der Waals surface area contributed by atoms with E-state index in [0.717, 1.165) is 4.40 Å². The van der Waals surface area contributed by atoms with Crippen LogP contribution in [0.2, 0.25) is 5.15 Å². The predicted octanol–water partition coefficient (Wildman–Crippen LogP) is 1.71. The summed E-state index contributed by atoms with van der Waals surface area (Å²) in [6.07, 6.45) is 0. The van der Waals surface area contributed by atoms with E-state index >= 15 is 0 Å². The molecule has 0 aliphatic carbocycles.